The smallest absolute Gasteiger partial charge is 0.140 e. The van der Waals surface area contributed by atoms with Gasteiger partial charge in [0, 0.05) is 30.7 Å². The predicted molar refractivity (Wildman–Crippen MR) is 74.6 cm³/mol. The Morgan fingerprint density at radius 3 is 3.05 bits per heavy atom. The third-order valence-corrected chi connectivity index (χ3v) is 3.41. The predicted octanol–water partition coefficient (Wildman–Crippen LogP) is 2.10. The lowest BCUT2D eigenvalue weighted by Crippen LogP contribution is -2.19. The Balaban J connectivity index is 1.85. The van der Waals surface area contributed by atoms with Gasteiger partial charge in [0.1, 0.15) is 11.8 Å². The summed E-state index contributed by atoms with van der Waals surface area (Å²) in [5.41, 5.74) is 10.7. The van der Waals surface area contributed by atoms with Crippen molar-refractivity contribution in [2.24, 2.45) is 0 Å². The number of anilines is 2. The lowest BCUT2D eigenvalue weighted by Gasteiger charge is -2.19. The van der Waals surface area contributed by atoms with Crippen molar-refractivity contribution < 1.29 is 0 Å². The molecule has 94 valence electrons. The van der Waals surface area contributed by atoms with Gasteiger partial charge in [-0.25, -0.2) is 4.98 Å². The van der Waals surface area contributed by atoms with Gasteiger partial charge in [-0.1, -0.05) is 0 Å². The summed E-state index contributed by atoms with van der Waals surface area (Å²) in [6.07, 6.45) is 2.71. The third-order valence-electron chi connectivity index (χ3n) is 3.41. The summed E-state index contributed by atoms with van der Waals surface area (Å²) in [5.74, 6) is 0. The number of nitriles is 1. The molecule has 1 aromatic heterocycles. The van der Waals surface area contributed by atoms with Crippen LogP contribution in [0.5, 0.6) is 0 Å². The molecule has 0 atom stereocenters. The van der Waals surface area contributed by atoms with Gasteiger partial charge in [0.2, 0.25) is 0 Å². The molecule has 4 nitrogen and oxygen atoms in total. The third kappa shape index (κ3) is 2.23. The van der Waals surface area contributed by atoms with Gasteiger partial charge in [0.05, 0.1) is 0 Å². The van der Waals surface area contributed by atoms with Gasteiger partial charge in [-0.15, -0.1) is 0 Å². The van der Waals surface area contributed by atoms with Crippen LogP contribution >= 0.6 is 0 Å². The van der Waals surface area contributed by atoms with Gasteiger partial charge in [-0.05, 0) is 47.9 Å². The van der Waals surface area contributed by atoms with E-state index in [0.29, 0.717) is 5.69 Å². The van der Waals surface area contributed by atoms with Crippen LogP contribution in [0.3, 0.4) is 0 Å². The van der Waals surface area contributed by atoms with Crippen molar-refractivity contribution in [2.75, 3.05) is 17.2 Å². The summed E-state index contributed by atoms with van der Waals surface area (Å²) >= 11 is 0. The van der Waals surface area contributed by atoms with Gasteiger partial charge in [-0.3, -0.25) is 0 Å². The molecular formula is C15H14N4. The van der Waals surface area contributed by atoms with Crippen molar-refractivity contribution in [3.8, 4) is 6.07 Å². The summed E-state index contributed by atoms with van der Waals surface area (Å²) in [4.78, 5) is 6.30. The maximum atomic E-state index is 8.87. The molecule has 2 N–H and O–H groups in total. The molecule has 0 unspecified atom stereocenters. The minimum absolute atomic E-state index is 0.467. The summed E-state index contributed by atoms with van der Waals surface area (Å²) < 4.78 is 0. The average Bonchev–Trinajstić information content (AvgIpc) is 2.81. The summed E-state index contributed by atoms with van der Waals surface area (Å²) in [7, 11) is 0. The first-order chi connectivity index (χ1) is 9.26. The van der Waals surface area contributed by atoms with E-state index < -0.39 is 0 Å². The molecule has 2 heterocycles. The Kier molecular flexibility index (Phi) is 2.81. The molecule has 19 heavy (non-hydrogen) atoms. The van der Waals surface area contributed by atoms with Crippen LogP contribution in [0, 0.1) is 11.3 Å². The molecule has 1 aliphatic heterocycles. The van der Waals surface area contributed by atoms with Crippen molar-refractivity contribution in [3.05, 3.63) is 53.3 Å². The molecule has 0 bridgehead atoms. The second-order valence-electron chi connectivity index (χ2n) is 4.72. The summed E-state index contributed by atoms with van der Waals surface area (Å²) in [6.45, 7) is 1.79. The molecule has 0 saturated heterocycles. The maximum absolute atomic E-state index is 8.87. The SMILES string of the molecule is N#Cc1cc(CN2CCc3cc(N)ccc32)ccn1. The molecule has 2 aromatic rings. The van der Waals surface area contributed by atoms with Crippen LogP contribution in [0.4, 0.5) is 11.4 Å². The minimum atomic E-state index is 0.467. The van der Waals surface area contributed by atoms with E-state index in [1.165, 1.54) is 11.3 Å². The van der Waals surface area contributed by atoms with Crippen molar-refractivity contribution in [1.82, 2.24) is 4.98 Å². The molecular weight excluding hydrogens is 236 g/mol. The zero-order chi connectivity index (χ0) is 13.2. The average molecular weight is 250 g/mol. The maximum Gasteiger partial charge on any atom is 0.140 e. The Morgan fingerprint density at radius 1 is 1.32 bits per heavy atom. The van der Waals surface area contributed by atoms with E-state index >= 15 is 0 Å². The molecule has 0 aliphatic carbocycles. The lowest BCUT2D eigenvalue weighted by atomic mass is 10.1. The van der Waals surface area contributed by atoms with Gasteiger partial charge in [-0.2, -0.15) is 5.26 Å². The molecule has 1 aromatic carbocycles. The lowest BCUT2D eigenvalue weighted by molar-refractivity contribution is 0.834. The van der Waals surface area contributed by atoms with Crippen LogP contribution < -0.4 is 10.6 Å². The van der Waals surface area contributed by atoms with Crippen molar-refractivity contribution in [1.29, 1.82) is 5.26 Å². The number of nitrogens with two attached hydrogens (primary N) is 1. The highest BCUT2D eigenvalue weighted by atomic mass is 15.1. The Labute approximate surface area is 112 Å². The number of nitrogens with zero attached hydrogens (tertiary/aromatic N) is 3. The molecule has 0 amide bonds. The van der Waals surface area contributed by atoms with E-state index in [1.807, 2.05) is 24.3 Å². The zero-order valence-corrected chi connectivity index (χ0v) is 10.5. The summed E-state index contributed by atoms with van der Waals surface area (Å²) in [5, 5.41) is 8.87. The van der Waals surface area contributed by atoms with Crippen molar-refractivity contribution >= 4 is 11.4 Å². The first-order valence-electron chi connectivity index (χ1n) is 6.24. The van der Waals surface area contributed by atoms with Crippen molar-refractivity contribution in [3.63, 3.8) is 0 Å². The molecule has 0 fully saturated rings. The van der Waals surface area contributed by atoms with Gasteiger partial charge in [0.15, 0.2) is 0 Å². The Hall–Kier alpha value is -2.54. The number of fused-ring (bicyclic) bond motifs is 1. The van der Waals surface area contributed by atoms with Gasteiger partial charge >= 0.3 is 0 Å². The number of nitrogen functional groups attached to an aromatic ring is 1. The Morgan fingerprint density at radius 2 is 2.21 bits per heavy atom. The fraction of sp³-hybridized carbons (Fsp3) is 0.200. The van der Waals surface area contributed by atoms with E-state index in [-0.39, 0.29) is 0 Å². The van der Waals surface area contributed by atoms with E-state index in [1.54, 1.807) is 6.20 Å². The van der Waals surface area contributed by atoms with E-state index in [0.717, 1.165) is 30.8 Å². The molecule has 4 heteroatoms. The number of hydrogen-bond acceptors (Lipinski definition) is 4. The highest BCUT2D eigenvalue weighted by Gasteiger charge is 2.19. The Bertz CT molecular complexity index is 657. The van der Waals surface area contributed by atoms with Crippen LogP contribution in [0.2, 0.25) is 0 Å². The fourth-order valence-electron chi connectivity index (χ4n) is 2.51. The van der Waals surface area contributed by atoms with Crippen molar-refractivity contribution in [2.45, 2.75) is 13.0 Å². The molecule has 3 rings (SSSR count). The highest BCUT2D eigenvalue weighted by Crippen LogP contribution is 2.30. The second kappa shape index (κ2) is 4.62. The van der Waals surface area contributed by atoms with E-state index in [4.69, 9.17) is 11.0 Å². The normalized spacial score (nSPS) is 13.1. The van der Waals surface area contributed by atoms with Crippen LogP contribution in [0.1, 0.15) is 16.8 Å². The molecule has 0 saturated carbocycles. The van der Waals surface area contributed by atoms with E-state index in [2.05, 4.69) is 22.0 Å². The molecule has 1 aliphatic rings. The largest absolute Gasteiger partial charge is 0.399 e. The monoisotopic (exact) mass is 250 g/mol. The van der Waals surface area contributed by atoms with Crippen LogP contribution in [-0.4, -0.2) is 11.5 Å². The number of aromatic nitrogens is 1. The van der Waals surface area contributed by atoms with Gasteiger partial charge < -0.3 is 10.6 Å². The zero-order valence-electron chi connectivity index (χ0n) is 10.5. The molecule has 0 spiro atoms. The number of benzene rings is 1. The number of pyridine rings is 1. The standard InChI is InChI=1S/C15H14N4/c16-9-14-7-11(3-5-18-14)10-19-6-4-12-8-13(17)1-2-15(12)19/h1-3,5,7-8H,4,6,10,17H2. The molecule has 0 radical (unpaired) electrons. The van der Waals surface area contributed by atoms with Crippen LogP contribution in [0.25, 0.3) is 0 Å². The number of hydrogen-bond donors (Lipinski definition) is 1. The van der Waals surface area contributed by atoms with E-state index in [9.17, 15) is 0 Å². The van der Waals surface area contributed by atoms with Crippen LogP contribution in [0.15, 0.2) is 36.5 Å². The first-order valence-corrected chi connectivity index (χ1v) is 6.24. The minimum Gasteiger partial charge on any atom is -0.399 e. The van der Waals surface area contributed by atoms with Gasteiger partial charge in [0.25, 0.3) is 0 Å². The topological polar surface area (TPSA) is 65.9 Å². The highest BCUT2D eigenvalue weighted by molar-refractivity contribution is 5.63. The number of rotatable bonds is 2. The fourth-order valence-corrected chi connectivity index (χ4v) is 2.51. The van der Waals surface area contributed by atoms with Crippen LogP contribution in [-0.2, 0) is 13.0 Å². The second-order valence-corrected chi connectivity index (χ2v) is 4.72. The quantitative estimate of drug-likeness (QED) is 0.829. The summed E-state index contributed by atoms with van der Waals surface area (Å²) in [6, 6.07) is 11.9. The first kappa shape index (κ1) is 11.5.